The summed E-state index contributed by atoms with van der Waals surface area (Å²) in [4.78, 5) is 0. The van der Waals surface area contributed by atoms with Gasteiger partial charge in [0.05, 0.1) is 12.8 Å². The number of nitriles is 1. The number of hydrogen-bond acceptors (Lipinski definition) is 6. The summed E-state index contributed by atoms with van der Waals surface area (Å²) in [6.07, 6.45) is 1.68. The molecule has 1 aromatic heterocycles. The normalized spacial score (nSPS) is 10.7. The third kappa shape index (κ3) is 4.59. The van der Waals surface area contributed by atoms with Crippen molar-refractivity contribution in [2.45, 2.75) is 6.92 Å². The fourth-order valence-electron chi connectivity index (χ4n) is 2.34. The fraction of sp³-hybridized carbons (Fsp3) is 0.158. The number of aromatic nitrogens is 3. The first-order chi connectivity index (χ1) is 13.2. The average Bonchev–Trinajstić information content (AvgIpc) is 3.07. The highest BCUT2D eigenvalue weighted by atomic mass is 32.1. The summed E-state index contributed by atoms with van der Waals surface area (Å²) in [6, 6.07) is 16.7. The Bertz CT molecular complexity index is 1010. The van der Waals surface area contributed by atoms with Gasteiger partial charge < -0.3 is 9.47 Å². The van der Waals surface area contributed by atoms with E-state index in [1.807, 2.05) is 49.4 Å². The molecule has 0 atom stereocenters. The van der Waals surface area contributed by atoms with Crippen LogP contribution >= 0.6 is 12.2 Å². The van der Waals surface area contributed by atoms with Crippen LogP contribution in [0.2, 0.25) is 0 Å². The Kier molecular flexibility index (Phi) is 5.97. The standard InChI is InChI=1S/C19H17N5O2S/c1-2-25-16-9-5-15(6-10-16)18-22-23-19(27)24(18)21-13-14-3-7-17(8-4-14)26-12-11-20/h3-10,13H,2,12H2,1H3,(H,23,27)/b21-13-. The van der Waals surface area contributed by atoms with E-state index in [0.29, 0.717) is 23.0 Å². The van der Waals surface area contributed by atoms with Crippen LogP contribution in [0.15, 0.2) is 53.6 Å². The molecule has 0 fully saturated rings. The van der Waals surface area contributed by atoms with E-state index >= 15 is 0 Å². The van der Waals surface area contributed by atoms with E-state index in [4.69, 9.17) is 27.0 Å². The van der Waals surface area contributed by atoms with Crippen molar-refractivity contribution < 1.29 is 9.47 Å². The van der Waals surface area contributed by atoms with Gasteiger partial charge in [-0.3, -0.25) is 0 Å². The molecule has 3 aromatic rings. The van der Waals surface area contributed by atoms with Gasteiger partial charge in [-0.2, -0.15) is 20.1 Å². The van der Waals surface area contributed by atoms with Crippen LogP contribution in [-0.2, 0) is 0 Å². The number of aromatic amines is 1. The molecule has 1 N–H and O–H groups in total. The van der Waals surface area contributed by atoms with E-state index < -0.39 is 0 Å². The first-order valence-corrected chi connectivity index (χ1v) is 8.67. The van der Waals surface area contributed by atoms with Gasteiger partial charge in [0.15, 0.2) is 12.4 Å². The van der Waals surface area contributed by atoms with Crippen LogP contribution in [-0.4, -0.2) is 34.3 Å². The van der Waals surface area contributed by atoms with E-state index in [-0.39, 0.29) is 6.61 Å². The van der Waals surface area contributed by atoms with Gasteiger partial charge >= 0.3 is 0 Å². The average molecular weight is 379 g/mol. The van der Waals surface area contributed by atoms with Crippen molar-refractivity contribution in [2.75, 3.05) is 13.2 Å². The summed E-state index contributed by atoms with van der Waals surface area (Å²) < 4.78 is 12.6. The molecule has 0 bridgehead atoms. The van der Waals surface area contributed by atoms with Crippen LogP contribution in [0.25, 0.3) is 11.4 Å². The smallest absolute Gasteiger partial charge is 0.216 e. The summed E-state index contributed by atoms with van der Waals surface area (Å²) in [6.45, 7) is 2.57. The third-order valence-electron chi connectivity index (χ3n) is 3.58. The van der Waals surface area contributed by atoms with Crippen molar-refractivity contribution in [1.82, 2.24) is 14.9 Å². The maximum Gasteiger partial charge on any atom is 0.216 e. The Balaban J connectivity index is 1.81. The molecule has 0 radical (unpaired) electrons. The van der Waals surface area contributed by atoms with Gasteiger partial charge in [0.25, 0.3) is 0 Å². The lowest BCUT2D eigenvalue weighted by Crippen LogP contribution is -1.96. The van der Waals surface area contributed by atoms with Gasteiger partial charge in [0, 0.05) is 5.56 Å². The van der Waals surface area contributed by atoms with Gasteiger partial charge in [-0.05, 0) is 73.2 Å². The topological polar surface area (TPSA) is 88.2 Å². The van der Waals surface area contributed by atoms with E-state index in [9.17, 15) is 0 Å². The van der Waals surface area contributed by atoms with Crippen molar-refractivity contribution in [2.24, 2.45) is 5.10 Å². The van der Waals surface area contributed by atoms with E-state index in [1.165, 1.54) is 0 Å². The molecule has 0 unspecified atom stereocenters. The maximum absolute atomic E-state index is 8.54. The Labute approximate surface area is 161 Å². The molecule has 0 aliphatic rings. The lowest BCUT2D eigenvalue weighted by molar-refractivity contribution is 0.340. The summed E-state index contributed by atoms with van der Waals surface area (Å²) >= 11 is 5.28. The van der Waals surface area contributed by atoms with Crippen molar-refractivity contribution in [1.29, 1.82) is 5.26 Å². The van der Waals surface area contributed by atoms with Gasteiger partial charge in [0.2, 0.25) is 4.77 Å². The predicted molar refractivity (Wildman–Crippen MR) is 105 cm³/mol. The number of hydrogen-bond donors (Lipinski definition) is 1. The third-order valence-corrected chi connectivity index (χ3v) is 3.84. The molecule has 3 rings (SSSR count). The monoisotopic (exact) mass is 379 g/mol. The Morgan fingerprint density at radius 3 is 2.48 bits per heavy atom. The number of H-pyrrole nitrogens is 1. The largest absolute Gasteiger partial charge is 0.494 e. The fourth-order valence-corrected chi connectivity index (χ4v) is 2.52. The van der Waals surface area contributed by atoms with E-state index in [1.54, 1.807) is 23.0 Å². The lowest BCUT2D eigenvalue weighted by atomic mass is 10.2. The van der Waals surface area contributed by atoms with Crippen LogP contribution < -0.4 is 9.47 Å². The SMILES string of the molecule is CCOc1ccc(-c2n[nH]c(=S)n2/N=C\c2ccc(OCC#N)cc2)cc1. The minimum atomic E-state index is 0.0169. The molecule has 7 nitrogen and oxygen atoms in total. The van der Waals surface area contributed by atoms with Crippen molar-refractivity contribution in [3.63, 3.8) is 0 Å². The van der Waals surface area contributed by atoms with Crippen LogP contribution in [0.1, 0.15) is 12.5 Å². The first kappa shape index (κ1) is 18.4. The highest BCUT2D eigenvalue weighted by molar-refractivity contribution is 7.71. The van der Waals surface area contributed by atoms with Gasteiger partial charge in [-0.25, -0.2) is 5.10 Å². The summed E-state index contributed by atoms with van der Waals surface area (Å²) in [7, 11) is 0. The zero-order valence-electron chi connectivity index (χ0n) is 14.6. The molecule has 8 heteroatoms. The molecule has 136 valence electrons. The Morgan fingerprint density at radius 2 is 1.81 bits per heavy atom. The molecule has 2 aromatic carbocycles. The molecule has 0 spiro atoms. The summed E-state index contributed by atoms with van der Waals surface area (Å²) in [5, 5.41) is 20.0. The zero-order chi connectivity index (χ0) is 19.1. The minimum Gasteiger partial charge on any atom is -0.494 e. The number of ether oxygens (including phenoxy) is 2. The Morgan fingerprint density at radius 1 is 1.15 bits per heavy atom. The molecule has 0 amide bonds. The van der Waals surface area contributed by atoms with Crippen molar-refractivity contribution in [3.8, 4) is 29.0 Å². The highest BCUT2D eigenvalue weighted by Crippen LogP contribution is 2.21. The van der Waals surface area contributed by atoms with Gasteiger partial charge in [-0.1, -0.05) is 0 Å². The molecule has 27 heavy (non-hydrogen) atoms. The lowest BCUT2D eigenvalue weighted by Gasteiger charge is -2.05. The molecule has 0 saturated heterocycles. The molecular weight excluding hydrogens is 362 g/mol. The predicted octanol–water partition coefficient (Wildman–Crippen LogP) is 3.79. The quantitative estimate of drug-likeness (QED) is 0.498. The number of nitrogens with zero attached hydrogens (tertiary/aromatic N) is 4. The van der Waals surface area contributed by atoms with E-state index in [2.05, 4.69) is 15.3 Å². The van der Waals surface area contributed by atoms with Crippen LogP contribution in [0.4, 0.5) is 0 Å². The molecule has 0 aliphatic heterocycles. The summed E-state index contributed by atoms with van der Waals surface area (Å²) in [5.74, 6) is 2.03. The summed E-state index contributed by atoms with van der Waals surface area (Å²) in [5.41, 5.74) is 1.73. The first-order valence-electron chi connectivity index (χ1n) is 8.26. The zero-order valence-corrected chi connectivity index (χ0v) is 15.4. The maximum atomic E-state index is 8.54. The minimum absolute atomic E-state index is 0.0169. The number of rotatable bonds is 7. The second-order valence-corrected chi connectivity index (χ2v) is 5.77. The molecule has 1 heterocycles. The second kappa shape index (κ2) is 8.78. The van der Waals surface area contributed by atoms with Crippen LogP contribution in [0.3, 0.4) is 0 Å². The van der Waals surface area contributed by atoms with Crippen molar-refractivity contribution in [3.05, 3.63) is 58.9 Å². The van der Waals surface area contributed by atoms with Gasteiger partial charge in [-0.15, -0.1) is 0 Å². The molecule has 0 saturated carbocycles. The number of benzene rings is 2. The Hall–Kier alpha value is -3.44. The molecular formula is C19H17N5O2S. The number of nitrogens with one attached hydrogen (secondary N) is 1. The molecule has 0 aliphatic carbocycles. The van der Waals surface area contributed by atoms with Crippen LogP contribution in [0, 0.1) is 16.1 Å². The van der Waals surface area contributed by atoms with Crippen molar-refractivity contribution >= 4 is 18.4 Å². The van der Waals surface area contributed by atoms with E-state index in [0.717, 1.165) is 16.9 Å². The highest BCUT2D eigenvalue weighted by Gasteiger charge is 2.08. The van der Waals surface area contributed by atoms with Gasteiger partial charge in [0.1, 0.15) is 17.6 Å². The second-order valence-electron chi connectivity index (χ2n) is 5.38. The van der Waals surface area contributed by atoms with Crippen LogP contribution in [0.5, 0.6) is 11.5 Å².